The zero-order valence-corrected chi connectivity index (χ0v) is 19.8. The first-order valence-corrected chi connectivity index (χ1v) is 12.6. The molecule has 6 heteroatoms. The van der Waals surface area contributed by atoms with E-state index in [4.69, 9.17) is 0 Å². The maximum Gasteiger partial charge on any atom is 0.191 e. The molecule has 2 saturated heterocycles. The molecule has 2 aromatic rings. The second-order valence-electron chi connectivity index (χ2n) is 8.98. The number of thiophene rings is 1. The summed E-state index contributed by atoms with van der Waals surface area (Å²) in [6.45, 7) is 5.49. The van der Waals surface area contributed by atoms with E-state index in [9.17, 15) is 0 Å². The molecule has 1 aromatic heterocycles. The van der Waals surface area contributed by atoms with Gasteiger partial charge in [0.15, 0.2) is 5.96 Å². The Bertz CT molecular complexity index is 799. The van der Waals surface area contributed by atoms with Gasteiger partial charge in [0.1, 0.15) is 0 Å². The van der Waals surface area contributed by atoms with E-state index in [1.807, 2.05) is 18.4 Å². The van der Waals surface area contributed by atoms with Crippen molar-refractivity contribution in [1.29, 1.82) is 0 Å². The van der Waals surface area contributed by atoms with Crippen LogP contribution < -0.4 is 10.6 Å². The minimum atomic E-state index is 0.500. The van der Waals surface area contributed by atoms with Crippen LogP contribution in [0.15, 0.2) is 52.8 Å². The molecule has 0 aliphatic carbocycles. The lowest BCUT2D eigenvalue weighted by atomic mass is 9.88. The highest BCUT2D eigenvalue weighted by atomic mass is 32.1. The molecule has 2 fully saturated rings. The van der Waals surface area contributed by atoms with Crippen LogP contribution in [0, 0.1) is 5.92 Å². The summed E-state index contributed by atoms with van der Waals surface area (Å²) in [6, 6.07) is 16.3. The van der Waals surface area contributed by atoms with Crippen molar-refractivity contribution in [1.82, 2.24) is 20.4 Å². The van der Waals surface area contributed by atoms with Gasteiger partial charge in [-0.25, -0.2) is 0 Å². The van der Waals surface area contributed by atoms with Crippen LogP contribution in [0.5, 0.6) is 0 Å². The summed E-state index contributed by atoms with van der Waals surface area (Å²) in [4.78, 5) is 11.1. The highest BCUT2D eigenvalue weighted by Gasteiger charge is 2.31. The molecule has 2 atom stereocenters. The van der Waals surface area contributed by atoms with Crippen LogP contribution in [0.3, 0.4) is 0 Å². The molecule has 1 aromatic carbocycles. The van der Waals surface area contributed by atoms with Crippen molar-refractivity contribution in [2.75, 3.05) is 40.3 Å². The van der Waals surface area contributed by atoms with E-state index in [2.05, 4.69) is 80.3 Å². The lowest BCUT2D eigenvalue weighted by Crippen LogP contribution is -2.50. The number of piperidine rings is 2. The van der Waals surface area contributed by atoms with Crippen LogP contribution >= 0.6 is 11.3 Å². The number of hydrogen-bond acceptors (Lipinski definition) is 4. The smallest absolute Gasteiger partial charge is 0.191 e. The topological polar surface area (TPSA) is 42.9 Å². The molecular weight excluding hydrogens is 402 g/mol. The van der Waals surface area contributed by atoms with Crippen molar-refractivity contribution >= 4 is 17.3 Å². The Balaban J connectivity index is 1.24. The van der Waals surface area contributed by atoms with Crippen molar-refractivity contribution in [3.05, 3.63) is 58.3 Å². The van der Waals surface area contributed by atoms with Gasteiger partial charge in [-0.2, -0.15) is 0 Å². The third-order valence-corrected chi connectivity index (χ3v) is 7.72. The standard InChI is InChI=1S/C25H37N5S/c1-26-25(27-18-21-10-6-14-29(2)24(21)23-11-7-17-31-23)28-22-12-15-30(16-13-22)19-20-8-4-3-5-9-20/h3-5,7-9,11,17,21-22,24H,6,10,12-16,18-19H2,1-2H3,(H2,26,27,28). The molecular formula is C25H37N5S. The number of nitrogens with one attached hydrogen (secondary N) is 2. The number of nitrogens with zero attached hydrogens (tertiary/aromatic N) is 3. The Hall–Kier alpha value is -1.89. The number of benzene rings is 1. The zero-order valence-electron chi connectivity index (χ0n) is 19.0. The zero-order chi connectivity index (χ0) is 21.5. The molecule has 0 spiro atoms. The molecule has 3 heterocycles. The fraction of sp³-hybridized carbons (Fsp3) is 0.560. The predicted octanol–water partition coefficient (Wildman–Crippen LogP) is 3.96. The van der Waals surface area contributed by atoms with Crippen molar-refractivity contribution < 1.29 is 0 Å². The first kappa shape index (κ1) is 22.3. The van der Waals surface area contributed by atoms with Crippen LogP contribution in [0.4, 0.5) is 0 Å². The lowest BCUT2D eigenvalue weighted by molar-refractivity contribution is 0.125. The van der Waals surface area contributed by atoms with E-state index in [0.29, 0.717) is 18.0 Å². The lowest BCUT2D eigenvalue weighted by Gasteiger charge is -2.39. The highest BCUT2D eigenvalue weighted by molar-refractivity contribution is 7.10. The second-order valence-corrected chi connectivity index (χ2v) is 9.96. The summed E-state index contributed by atoms with van der Waals surface area (Å²) < 4.78 is 0. The molecule has 0 amide bonds. The quantitative estimate of drug-likeness (QED) is 0.528. The number of aliphatic imine (C=N–C) groups is 1. The maximum absolute atomic E-state index is 4.53. The van der Waals surface area contributed by atoms with Gasteiger partial charge < -0.3 is 10.6 Å². The van der Waals surface area contributed by atoms with E-state index in [0.717, 1.165) is 45.0 Å². The summed E-state index contributed by atoms with van der Waals surface area (Å²) in [6.07, 6.45) is 4.88. The molecule has 0 bridgehead atoms. The Morgan fingerprint density at radius 3 is 2.58 bits per heavy atom. The van der Waals surface area contributed by atoms with E-state index in [1.54, 1.807) is 0 Å². The SMILES string of the molecule is CN=C(NCC1CCCN(C)C1c1cccs1)NC1CCN(Cc2ccccc2)CC1. The Morgan fingerprint density at radius 1 is 1.06 bits per heavy atom. The van der Waals surface area contributed by atoms with Gasteiger partial charge in [0.2, 0.25) is 0 Å². The van der Waals surface area contributed by atoms with Crippen molar-refractivity contribution in [2.24, 2.45) is 10.9 Å². The first-order chi connectivity index (χ1) is 15.2. The first-order valence-electron chi connectivity index (χ1n) is 11.7. The van der Waals surface area contributed by atoms with Gasteiger partial charge in [-0.05, 0) is 62.2 Å². The van der Waals surface area contributed by atoms with Gasteiger partial charge in [-0.1, -0.05) is 36.4 Å². The molecule has 2 unspecified atom stereocenters. The molecule has 2 aliphatic rings. The Kier molecular flexibility index (Phi) is 8.00. The van der Waals surface area contributed by atoms with Crippen molar-refractivity contribution in [3.8, 4) is 0 Å². The van der Waals surface area contributed by atoms with E-state index < -0.39 is 0 Å². The van der Waals surface area contributed by atoms with Gasteiger partial charge >= 0.3 is 0 Å². The summed E-state index contributed by atoms with van der Waals surface area (Å²) >= 11 is 1.89. The average Bonchev–Trinajstić information content (AvgIpc) is 3.33. The van der Waals surface area contributed by atoms with Gasteiger partial charge in [0, 0.05) is 50.2 Å². The van der Waals surface area contributed by atoms with Gasteiger partial charge in [0.05, 0.1) is 0 Å². The van der Waals surface area contributed by atoms with Crippen molar-refractivity contribution in [2.45, 2.75) is 44.3 Å². The predicted molar refractivity (Wildman–Crippen MR) is 132 cm³/mol. The largest absolute Gasteiger partial charge is 0.356 e. The van der Waals surface area contributed by atoms with Gasteiger partial charge in [-0.3, -0.25) is 14.8 Å². The number of rotatable bonds is 6. The molecule has 5 nitrogen and oxygen atoms in total. The van der Waals surface area contributed by atoms with Crippen LogP contribution in [0.1, 0.15) is 42.2 Å². The minimum absolute atomic E-state index is 0.500. The fourth-order valence-electron chi connectivity index (χ4n) is 5.08. The number of likely N-dealkylation sites (tertiary alicyclic amines) is 2. The molecule has 2 aliphatic heterocycles. The fourth-order valence-corrected chi connectivity index (χ4v) is 6.06. The summed E-state index contributed by atoms with van der Waals surface area (Å²) in [5, 5.41) is 9.55. The molecule has 0 saturated carbocycles. The monoisotopic (exact) mass is 439 g/mol. The number of guanidine groups is 1. The van der Waals surface area contributed by atoms with E-state index in [-0.39, 0.29) is 0 Å². The van der Waals surface area contributed by atoms with Gasteiger partial charge in [-0.15, -0.1) is 11.3 Å². The summed E-state index contributed by atoms with van der Waals surface area (Å²) in [5.41, 5.74) is 1.41. The Morgan fingerprint density at radius 2 is 1.87 bits per heavy atom. The molecule has 0 radical (unpaired) electrons. The molecule has 168 valence electrons. The maximum atomic E-state index is 4.53. The van der Waals surface area contributed by atoms with Crippen LogP contribution in [0.25, 0.3) is 0 Å². The third-order valence-electron chi connectivity index (χ3n) is 6.77. The van der Waals surface area contributed by atoms with Crippen LogP contribution in [0.2, 0.25) is 0 Å². The van der Waals surface area contributed by atoms with Crippen molar-refractivity contribution in [3.63, 3.8) is 0 Å². The highest BCUT2D eigenvalue weighted by Crippen LogP contribution is 2.36. The molecule has 31 heavy (non-hydrogen) atoms. The summed E-state index contributed by atoms with van der Waals surface area (Å²) in [7, 11) is 4.16. The molecule has 2 N–H and O–H groups in total. The normalized spacial score (nSPS) is 24.3. The van der Waals surface area contributed by atoms with E-state index in [1.165, 1.54) is 29.8 Å². The van der Waals surface area contributed by atoms with Gasteiger partial charge in [0.25, 0.3) is 0 Å². The summed E-state index contributed by atoms with van der Waals surface area (Å²) in [5.74, 6) is 1.57. The van der Waals surface area contributed by atoms with E-state index >= 15 is 0 Å². The van der Waals surface area contributed by atoms with Crippen LogP contribution in [-0.2, 0) is 6.54 Å². The van der Waals surface area contributed by atoms with Crippen LogP contribution in [-0.4, -0.2) is 62.1 Å². The molecule has 4 rings (SSSR count). The number of hydrogen-bond donors (Lipinski definition) is 2. The minimum Gasteiger partial charge on any atom is -0.356 e. The third kappa shape index (κ3) is 6.09. The second kappa shape index (κ2) is 11.1. The average molecular weight is 440 g/mol. The Labute approximate surface area is 191 Å².